The summed E-state index contributed by atoms with van der Waals surface area (Å²) in [4.78, 5) is 50.9. The molecular formula is C23H26N4O4. The lowest BCUT2D eigenvalue weighted by atomic mass is 10.1. The number of carbonyl (C=O) groups is 2. The third-order valence-corrected chi connectivity index (χ3v) is 5.04. The minimum absolute atomic E-state index is 0.111. The fourth-order valence-corrected chi connectivity index (χ4v) is 3.27. The first-order valence-corrected chi connectivity index (χ1v) is 10.4. The summed E-state index contributed by atoms with van der Waals surface area (Å²) in [5.41, 5.74) is 1.46. The van der Waals surface area contributed by atoms with E-state index in [2.05, 4.69) is 22.5 Å². The van der Waals surface area contributed by atoms with Gasteiger partial charge in [-0.2, -0.15) is 0 Å². The maximum Gasteiger partial charge on any atom is 0.316 e. The number of aryl methyl sites for hydroxylation is 1. The van der Waals surface area contributed by atoms with Gasteiger partial charge in [0.1, 0.15) is 0 Å². The molecule has 2 amide bonds. The first kappa shape index (κ1) is 22.0. The molecule has 8 heteroatoms. The van der Waals surface area contributed by atoms with Crippen molar-refractivity contribution in [1.29, 1.82) is 0 Å². The zero-order chi connectivity index (χ0) is 22.4. The van der Waals surface area contributed by atoms with Gasteiger partial charge in [0.25, 0.3) is 11.8 Å². The van der Waals surface area contributed by atoms with E-state index < -0.39 is 11.1 Å². The Labute approximate surface area is 179 Å². The Morgan fingerprint density at radius 1 is 0.935 bits per heavy atom. The van der Waals surface area contributed by atoms with Crippen LogP contribution in [0.1, 0.15) is 53.0 Å². The molecule has 0 unspecified atom stereocenters. The van der Waals surface area contributed by atoms with Crippen molar-refractivity contribution in [1.82, 2.24) is 20.2 Å². The predicted molar refractivity (Wildman–Crippen MR) is 119 cm³/mol. The fourth-order valence-electron chi connectivity index (χ4n) is 3.27. The SMILES string of the molecule is CCCCNC(=O)c1ccc(CNC(=O)c2ccc3c(c2)[nH]c(=O)c(=O)n3CC)cc1. The topological polar surface area (TPSA) is 113 Å². The molecule has 8 nitrogen and oxygen atoms in total. The van der Waals surface area contributed by atoms with Crippen molar-refractivity contribution in [3.8, 4) is 0 Å². The van der Waals surface area contributed by atoms with Crippen LogP contribution >= 0.6 is 0 Å². The van der Waals surface area contributed by atoms with E-state index in [1.165, 1.54) is 4.57 Å². The predicted octanol–water partition coefficient (Wildman–Crippen LogP) is 2.17. The van der Waals surface area contributed by atoms with E-state index in [0.29, 0.717) is 41.8 Å². The minimum Gasteiger partial charge on any atom is -0.352 e. The van der Waals surface area contributed by atoms with Crippen molar-refractivity contribution in [3.05, 3.63) is 79.9 Å². The van der Waals surface area contributed by atoms with E-state index >= 15 is 0 Å². The van der Waals surface area contributed by atoms with Crippen LogP contribution in [0.3, 0.4) is 0 Å². The molecule has 162 valence electrons. The number of hydrogen-bond acceptors (Lipinski definition) is 4. The smallest absolute Gasteiger partial charge is 0.316 e. The molecule has 1 aromatic heterocycles. The zero-order valence-corrected chi connectivity index (χ0v) is 17.7. The van der Waals surface area contributed by atoms with Crippen molar-refractivity contribution in [3.63, 3.8) is 0 Å². The van der Waals surface area contributed by atoms with Gasteiger partial charge in [0, 0.05) is 30.8 Å². The molecule has 31 heavy (non-hydrogen) atoms. The monoisotopic (exact) mass is 422 g/mol. The van der Waals surface area contributed by atoms with Gasteiger partial charge in [-0.1, -0.05) is 25.5 Å². The number of aromatic nitrogens is 2. The molecule has 3 N–H and O–H groups in total. The lowest BCUT2D eigenvalue weighted by Gasteiger charge is -2.10. The van der Waals surface area contributed by atoms with E-state index in [1.54, 1.807) is 49.4 Å². The lowest BCUT2D eigenvalue weighted by molar-refractivity contribution is 0.0942. The number of aromatic amines is 1. The third kappa shape index (κ3) is 5.09. The number of benzene rings is 2. The van der Waals surface area contributed by atoms with Crippen LogP contribution in [0.5, 0.6) is 0 Å². The molecule has 3 rings (SSSR count). The Bertz CT molecular complexity index is 1210. The van der Waals surface area contributed by atoms with Crippen LogP contribution in [-0.4, -0.2) is 27.9 Å². The molecule has 0 aliphatic heterocycles. The van der Waals surface area contributed by atoms with Gasteiger partial charge >= 0.3 is 11.1 Å². The summed E-state index contributed by atoms with van der Waals surface area (Å²) in [5, 5.41) is 5.69. The highest BCUT2D eigenvalue weighted by Gasteiger charge is 2.11. The number of nitrogens with one attached hydrogen (secondary N) is 3. The van der Waals surface area contributed by atoms with E-state index in [9.17, 15) is 19.2 Å². The minimum atomic E-state index is -0.717. The van der Waals surface area contributed by atoms with Crippen LogP contribution in [0, 0.1) is 0 Å². The van der Waals surface area contributed by atoms with Gasteiger partial charge < -0.3 is 20.2 Å². The van der Waals surface area contributed by atoms with Crippen molar-refractivity contribution in [2.24, 2.45) is 0 Å². The molecule has 0 spiro atoms. The van der Waals surface area contributed by atoms with Crippen LogP contribution in [-0.2, 0) is 13.1 Å². The standard InChI is InChI=1S/C23H26N4O4/c1-3-5-12-24-20(28)16-8-6-15(7-9-16)14-25-21(29)17-10-11-19-18(13-17)26-22(30)23(31)27(19)4-2/h6-11,13H,3-5,12,14H2,1-2H3,(H,24,28)(H,25,29)(H,26,30). The molecule has 1 heterocycles. The number of nitrogens with zero attached hydrogens (tertiary/aromatic N) is 1. The first-order chi connectivity index (χ1) is 14.9. The summed E-state index contributed by atoms with van der Waals surface area (Å²) in [6, 6.07) is 11.9. The summed E-state index contributed by atoms with van der Waals surface area (Å²) >= 11 is 0. The Balaban J connectivity index is 1.67. The summed E-state index contributed by atoms with van der Waals surface area (Å²) in [6.07, 6.45) is 1.96. The Morgan fingerprint density at radius 3 is 2.29 bits per heavy atom. The highest BCUT2D eigenvalue weighted by Crippen LogP contribution is 2.12. The maximum absolute atomic E-state index is 12.6. The number of hydrogen-bond donors (Lipinski definition) is 3. The number of carbonyl (C=O) groups excluding carboxylic acids is 2. The second-order valence-electron chi connectivity index (χ2n) is 7.22. The highest BCUT2D eigenvalue weighted by atomic mass is 16.2. The van der Waals surface area contributed by atoms with Gasteiger partial charge in [0.05, 0.1) is 11.0 Å². The van der Waals surface area contributed by atoms with Crippen molar-refractivity contribution in [2.45, 2.75) is 39.8 Å². The van der Waals surface area contributed by atoms with Gasteiger partial charge in [-0.05, 0) is 49.2 Å². The molecule has 2 aromatic carbocycles. The van der Waals surface area contributed by atoms with Crippen LogP contribution in [0.2, 0.25) is 0 Å². The van der Waals surface area contributed by atoms with Crippen molar-refractivity contribution < 1.29 is 9.59 Å². The van der Waals surface area contributed by atoms with E-state index in [1.807, 2.05) is 0 Å². The van der Waals surface area contributed by atoms with Gasteiger partial charge in [-0.15, -0.1) is 0 Å². The fraction of sp³-hybridized carbons (Fsp3) is 0.304. The molecular weight excluding hydrogens is 396 g/mol. The second kappa shape index (κ2) is 9.88. The highest BCUT2D eigenvalue weighted by molar-refractivity contribution is 5.97. The number of fused-ring (bicyclic) bond motifs is 1. The van der Waals surface area contributed by atoms with Crippen molar-refractivity contribution >= 4 is 22.8 Å². The molecule has 0 fully saturated rings. The van der Waals surface area contributed by atoms with Gasteiger partial charge in [0.2, 0.25) is 0 Å². The average Bonchev–Trinajstić information content (AvgIpc) is 2.78. The maximum atomic E-state index is 12.6. The average molecular weight is 422 g/mol. The Morgan fingerprint density at radius 2 is 1.61 bits per heavy atom. The first-order valence-electron chi connectivity index (χ1n) is 10.4. The Hall–Kier alpha value is -3.68. The molecule has 0 atom stereocenters. The molecule has 0 radical (unpaired) electrons. The molecule has 0 saturated heterocycles. The van der Waals surface area contributed by atoms with Crippen LogP contribution in [0.4, 0.5) is 0 Å². The lowest BCUT2D eigenvalue weighted by Crippen LogP contribution is -2.36. The molecule has 0 aliphatic carbocycles. The number of rotatable bonds is 8. The van der Waals surface area contributed by atoms with Crippen LogP contribution in [0.25, 0.3) is 11.0 Å². The zero-order valence-electron chi connectivity index (χ0n) is 17.7. The Kier molecular flexibility index (Phi) is 7.02. The van der Waals surface area contributed by atoms with Crippen LogP contribution in [0.15, 0.2) is 52.1 Å². The van der Waals surface area contributed by atoms with E-state index in [0.717, 1.165) is 18.4 Å². The van der Waals surface area contributed by atoms with Gasteiger partial charge in [-0.25, -0.2) is 0 Å². The molecule has 0 bridgehead atoms. The third-order valence-electron chi connectivity index (χ3n) is 5.04. The number of H-pyrrole nitrogens is 1. The summed E-state index contributed by atoms with van der Waals surface area (Å²) < 4.78 is 1.37. The second-order valence-corrected chi connectivity index (χ2v) is 7.22. The molecule has 0 saturated carbocycles. The van der Waals surface area contributed by atoms with Crippen molar-refractivity contribution in [2.75, 3.05) is 6.54 Å². The molecule has 0 aliphatic rings. The normalized spacial score (nSPS) is 10.8. The number of amides is 2. The van der Waals surface area contributed by atoms with Gasteiger partial charge in [-0.3, -0.25) is 19.2 Å². The quantitative estimate of drug-likeness (QED) is 0.381. The van der Waals surface area contributed by atoms with E-state index in [-0.39, 0.29) is 11.8 Å². The molecule has 3 aromatic rings. The largest absolute Gasteiger partial charge is 0.352 e. The van der Waals surface area contributed by atoms with Gasteiger partial charge in [0.15, 0.2) is 0 Å². The summed E-state index contributed by atoms with van der Waals surface area (Å²) in [5.74, 6) is -0.418. The summed E-state index contributed by atoms with van der Waals surface area (Å²) in [7, 11) is 0. The summed E-state index contributed by atoms with van der Waals surface area (Å²) in [6.45, 7) is 5.15. The van der Waals surface area contributed by atoms with E-state index in [4.69, 9.17) is 0 Å². The number of unbranched alkanes of at least 4 members (excludes halogenated alkanes) is 1. The van der Waals surface area contributed by atoms with Crippen LogP contribution < -0.4 is 21.8 Å².